The normalized spacial score (nSPS) is 15.5. The number of rotatable bonds is 4. The predicted molar refractivity (Wildman–Crippen MR) is 116 cm³/mol. The lowest BCUT2D eigenvalue weighted by Crippen LogP contribution is -2.37. The number of imidazole rings is 1. The van der Waals surface area contributed by atoms with Crippen molar-refractivity contribution in [3.8, 4) is 16.8 Å². The maximum atomic E-state index is 9.82. The van der Waals surface area contributed by atoms with E-state index in [2.05, 4.69) is 38.1 Å². The van der Waals surface area contributed by atoms with Gasteiger partial charge >= 0.3 is 0 Å². The fourth-order valence-corrected chi connectivity index (χ4v) is 3.73. The van der Waals surface area contributed by atoms with E-state index in [0.29, 0.717) is 13.2 Å². The molecule has 7 nitrogen and oxygen atoms in total. The van der Waals surface area contributed by atoms with Gasteiger partial charge in [0.05, 0.1) is 30.4 Å². The van der Waals surface area contributed by atoms with Crippen LogP contribution in [-0.2, 0) is 4.74 Å². The molecule has 0 spiro atoms. The van der Waals surface area contributed by atoms with Gasteiger partial charge in [-0.1, -0.05) is 18.2 Å². The number of aliphatic hydroxyl groups excluding tert-OH is 1. The van der Waals surface area contributed by atoms with Crippen molar-refractivity contribution in [1.82, 2.24) is 19.5 Å². The van der Waals surface area contributed by atoms with Gasteiger partial charge in [0.1, 0.15) is 6.33 Å². The summed E-state index contributed by atoms with van der Waals surface area (Å²) in [5, 5.41) is 9.82. The highest BCUT2D eigenvalue weighted by Crippen LogP contribution is 2.26. The van der Waals surface area contributed by atoms with Crippen LogP contribution in [0.3, 0.4) is 0 Å². The van der Waals surface area contributed by atoms with Crippen molar-refractivity contribution in [2.24, 2.45) is 0 Å². The first kappa shape index (κ1) is 18.7. The standard InChI is InChI=1S/C23H23N5O2/c1-16(29)17-5-6-22-21(12-17)26-15-28(22)20-4-2-3-18(11-20)19-13-24-23(25-14-19)27-7-9-30-10-8-27/h2-6,11-16,29H,7-10H2,1H3/t16-/m0/s1. The van der Waals surface area contributed by atoms with Gasteiger partial charge in [-0.2, -0.15) is 0 Å². The Kier molecular flexibility index (Phi) is 4.90. The maximum Gasteiger partial charge on any atom is 0.225 e. The molecule has 7 heteroatoms. The lowest BCUT2D eigenvalue weighted by atomic mass is 10.1. The molecule has 0 saturated carbocycles. The van der Waals surface area contributed by atoms with Gasteiger partial charge in [0.15, 0.2) is 0 Å². The predicted octanol–water partition coefficient (Wildman–Crippen LogP) is 3.37. The van der Waals surface area contributed by atoms with Crippen LogP contribution in [0.4, 0.5) is 5.95 Å². The Morgan fingerprint density at radius 1 is 0.967 bits per heavy atom. The van der Waals surface area contributed by atoms with Crippen molar-refractivity contribution in [3.63, 3.8) is 0 Å². The second-order valence-corrected chi connectivity index (χ2v) is 7.46. The number of benzene rings is 2. The molecule has 4 aromatic rings. The molecule has 0 radical (unpaired) electrons. The summed E-state index contributed by atoms with van der Waals surface area (Å²) in [6.07, 6.45) is 5.05. The van der Waals surface area contributed by atoms with Crippen LogP contribution < -0.4 is 4.90 Å². The molecule has 3 heterocycles. The van der Waals surface area contributed by atoms with Gasteiger partial charge in [0, 0.05) is 36.7 Å². The minimum absolute atomic E-state index is 0.511. The fraction of sp³-hybridized carbons (Fsp3) is 0.261. The molecule has 1 fully saturated rings. The second-order valence-electron chi connectivity index (χ2n) is 7.46. The van der Waals surface area contributed by atoms with E-state index in [1.807, 2.05) is 47.6 Å². The first-order chi connectivity index (χ1) is 14.7. The van der Waals surface area contributed by atoms with E-state index >= 15 is 0 Å². The first-order valence-electron chi connectivity index (χ1n) is 10.1. The topological polar surface area (TPSA) is 76.3 Å². The molecule has 0 amide bonds. The Labute approximate surface area is 174 Å². The highest BCUT2D eigenvalue weighted by molar-refractivity contribution is 5.79. The Morgan fingerprint density at radius 3 is 2.53 bits per heavy atom. The van der Waals surface area contributed by atoms with E-state index in [-0.39, 0.29) is 0 Å². The first-order valence-corrected chi connectivity index (χ1v) is 10.1. The van der Waals surface area contributed by atoms with E-state index in [1.165, 1.54) is 0 Å². The minimum Gasteiger partial charge on any atom is -0.389 e. The van der Waals surface area contributed by atoms with Crippen molar-refractivity contribution in [2.75, 3.05) is 31.2 Å². The molecule has 1 aliphatic rings. The van der Waals surface area contributed by atoms with E-state index in [9.17, 15) is 5.11 Å². The summed E-state index contributed by atoms with van der Waals surface area (Å²) in [5.74, 6) is 0.743. The number of fused-ring (bicyclic) bond motifs is 1. The summed E-state index contributed by atoms with van der Waals surface area (Å²) in [7, 11) is 0. The molecule has 1 saturated heterocycles. The number of aliphatic hydroxyl groups is 1. The number of anilines is 1. The van der Waals surface area contributed by atoms with Crippen molar-refractivity contribution in [3.05, 3.63) is 66.7 Å². The number of morpholine rings is 1. The Morgan fingerprint density at radius 2 is 1.77 bits per heavy atom. The molecule has 0 aliphatic carbocycles. The van der Waals surface area contributed by atoms with Gasteiger partial charge in [-0.05, 0) is 42.3 Å². The quantitative estimate of drug-likeness (QED) is 0.565. The van der Waals surface area contributed by atoms with Crippen LogP contribution in [0.1, 0.15) is 18.6 Å². The summed E-state index contributed by atoms with van der Waals surface area (Å²) >= 11 is 0. The third-order valence-electron chi connectivity index (χ3n) is 5.44. The van der Waals surface area contributed by atoms with Crippen molar-refractivity contribution in [2.45, 2.75) is 13.0 Å². The summed E-state index contributed by atoms with van der Waals surface area (Å²) in [4.78, 5) is 15.8. The van der Waals surface area contributed by atoms with E-state index in [4.69, 9.17) is 4.74 Å². The number of hydrogen-bond acceptors (Lipinski definition) is 6. The molecule has 1 aliphatic heterocycles. The number of aromatic nitrogens is 4. The average molecular weight is 401 g/mol. The van der Waals surface area contributed by atoms with Crippen LogP contribution >= 0.6 is 0 Å². The van der Waals surface area contributed by atoms with Gasteiger partial charge in [-0.25, -0.2) is 15.0 Å². The SMILES string of the molecule is C[C@H](O)c1ccc2c(c1)ncn2-c1cccc(-c2cnc(N3CCOCC3)nc2)c1. The lowest BCUT2D eigenvalue weighted by molar-refractivity contribution is 0.122. The van der Waals surface area contributed by atoms with E-state index in [0.717, 1.165) is 52.4 Å². The molecule has 5 rings (SSSR count). The molecule has 30 heavy (non-hydrogen) atoms. The van der Waals surface area contributed by atoms with Crippen molar-refractivity contribution < 1.29 is 9.84 Å². The molecule has 152 valence electrons. The maximum absolute atomic E-state index is 9.82. The molecule has 2 aromatic heterocycles. The van der Waals surface area contributed by atoms with E-state index in [1.54, 1.807) is 6.92 Å². The minimum atomic E-state index is -0.511. The lowest BCUT2D eigenvalue weighted by Gasteiger charge is -2.26. The smallest absolute Gasteiger partial charge is 0.225 e. The van der Waals surface area contributed by atoms with Crippen LogP contribution in [0, 0.1) is 0 Å². The highest BCUT2D eigenvalue weighted by atomic mass is 16.5. The third kappa shape index (κ3) is 3.53. The molecule has 1 N–H and O–H groups in total. The zero-order valence-electron chi connectivity index (χ0n) is 16.8. The average Bonchev–Trinajstić information content (AvgIpc) is 3.23. The molecule has 0 bridgehead atoms. The van der Waals surface area contributed by atoms with Crippen LogP contribution in [0.15, 0.2) is 61.2 Å². The number of nitrogens with zero attached hydrogens (tertiary/aromatic N) is 5. The van der Waals surface area contributed by atoms with Crippen molar-refractivity contribution in [1.29, 1.82) is 0 Å². The zero-order valence-corrected chi connectivity index (χ0v) is 16.8. The van der Waals surface area contributed by atoms with Gasteiger partial charge in [-0.15, -0.1) is 0 Å². The summed E-state index contributed by atoms with van der Waals surface area (Å²) in [5.41, 5.74) is 5.74. The summed E-state index contributed by atoms with van der Waals surface area (Å²) < 4.78 is 7.44. The van der Waals surface area contributed by atoms with Gasteiger partial charge < -0.3 is 14.7 Å². The van der Waals surface area contributed by atoms with Crippen LogP contribution in [0.5, 0.6) is 0 Å². The monoisotopic (exact) mass is 401 g/mol. The molecule has 0 unspecified atom stereocenters. The Balaban J connectivity index is 1.45. The van der Waals surface area contributed by atoms with Crippen molar-refractivity contribution >= 4 is 17.0 Å². The van der Waals surface area contributed by atoms with Gasteiger partial charge in [0.25, 0.3) is 0 Å². The molecular formula is C23H23N5O2. The molecule has 2 aromatic carbocycles. The van der Waals surface area contributed by atoms with Crippen LogP contribution in [0.25, 0.3) is 27.8 Å². The zero-order chi connectivity index (χ0) is 20.5. The summed E-state index contributed by atoms with van der Waals surface area (Å²) in [6.45, 7) is 4.82. The second kappa shape index (κ2) is 7.85. The number of ether oxygens (including phenoxy) is 1. The Hall–Kier alpha value is -3.29. The molecular weight excluding hydrogens is 378 g/mol. The fourth-order valence-electron chi connectivity index (χ4n) is 3.73. The molecule has 1 atom stereocenters. The third-order valence-corrected chi connectivity index (χ3v) is 5.44. The Bertz CT molecular complexity index is 1160. The summed E-state index contributed by atoms with van der Waals surface area (Å²) in [6, 6.07) is 14.1. The highest BCUT2D eigenvalue weighted by Gasteiger charge is 2.14. The van der Waals surface area contributed by atoms with Crippen LogP contribution in [-0.4, -0.2) is 50.9 Å². The van der Waals surface area contributed by atoms with Crippen LogP contribution in [0.2, 0.25) is 0 Å². The number of hydrogen-bond donors (Lipinski definition) is 1. The van der Waals surface area contributed by atoms with Gasteiger partial charge in [0.2, 0.25) is 5.95 Å². The largest absolute Gasteiger partial charge is 0.389 e. The van der Waals surface area contributed by atoms with Gasteiger partial charge in [-0.3, -0.25) is 4.57 Å². The van der Waals surface area contributed by atoms with E-state index < -0.39 is 6.10 Å².